The van der Waals surface area contributed by atoms with Gasteiger partial charge in [0.1, 0.15) is 0 Å². The van der Waals surface area contributed by atoms with Crippen LogP contribution in [0.2, 0.25) is 0 Å². The largest absolute Gasteiger partial charge is 0.490 e. The van der Waals surface area contributed by atoms with E-state index in [0.29, 0.717) is 6.61 Å². The van der Waals surface area contributed by atoms with Crippen molar-refractivity contribution in [1.29, 1.82) is 0 Å². The molecular formula is C7H12N2O2. The molecule has 0 radical (unpaired) electrons. The maximum atomic E-state index is 5.27. The molecule has 1 aromatic heterocycles. The number of rotatable bonds is 5. The Balaban J connectivity index is 2.04. The summed E-state index contributed by atoms with van der Waals surface area (Å²) >= 11 is 0. The number of methoxy groups -OCH3 is 1. The second-order valence-corrected chi connectivity index (χ2v) is 2.13. The fraction of sp³-hybridized carbons (Fsp3) is 0.571. The molecular weight excluding hydrogens is 144 g/mol. The van der Waals surface area contributed by atoms with Crippen molar-refractivity contribution in [3.05, 3.63) is 12.4 Å². The molecule has 0 spiro atoms. The molecule has 4 nitrogen and oxygen atoms in total. The average Bonchev–Trinajstić information content (AvgIpc) is 2.50. The number of nitrogens with zero attached hydrogens (tertiary/aromatic N) is 1. The summed E-state index contributed by atoms with van der Waals surface area (Å²) in [7, 11) is 1.68. The van der Waals surface area contributed by atoms with E-state index in [1.165, 1.54) is 0 Å². The summed E-state index contributed by atoms with van der Waals surface area (Å²) in [6, 6.07) is 0. The van der Waals surface area contributed by atoms with Crippen molar-refractivity contribution >= 4 is 0 Å². The van der Waals surface area contributed by atoms with E-state index >= 15 is 0 Å². The van der Waals surface area contributed by atoms with Gasteiger partial charge < -0.3 is 9.47 Å². The number of ether oxygens (including phenoxy) is 2. The molecule has 0 atom stereocenters. The molecule has 62 valence electrons. The summed E-state index contributed by atoms with van der Waals surface area (Å²) in [4.78, 5) is 0. The van der Waals surface area contributed by atoms with E-state index in [2.05, 4.69) is 10.2 Å². The molecule has 0 aliphatic carbocycles. The Bertz CT molecular complexity index is 175. The molecule has 0 unspecified atom stereocenters. The Morgan fingerprint density at radius 3 is 3.09 bits per heavy atom. The molecule has 1 aromatic rings. The lowest BCUT2D eigenvalue weighted by Crippen LogP contribution is -2.00. The van der Waals surface area contributed by atoms with Crippen molar-refractivity contribution < 1.29 is 9.47 Å². The minimum Gasteiger partial charge on any atom is -0.490 e. The fourth-order valence-corrected chi connectivity index (χ4v) is 0.711. The monoisotopic (exact) mass is 156 g/mol. The van der Waals surface area contributed by atoms with Crippen LogP contribution >= 0.6 is 0 Å². The first-order valence-corrected chi connectivity index (χ1v) is 3.54. The van der Waals surface area contributed by atoms with Gasteiger partial charge in [-0.05, 0) is 0 Å². The van der Waals surface area contributed by atoms with Crippen molar-refractivity contribution in [2.75, 3.05) is 20.3 Å². The zero-order valence-electron chi connectivity index (χ0n) is 6.54. The van der Waals surface area contributed by atoms with Crippen molar-refractivity contribution in [2.45, 2.75) is 6.42 Å². The van der Waals surface area contributed by atoms with Crippen LogP contribution in [0.1, 0.15) is 6.42 Å². The van der Waals surface area contributed by atoms with E-state index in [1.54, 1.807) is 19.5 Å². The highest BCUT2D eigenvalue weighted by Gasteiger charge is 1.92. The van der Waals surface area contributed by atoms with Gasteiger partial charge in [-0.2, -0.15) is 5.10 Å². The van der Waals surface area contributed by atoms with Crippen LogP contribution in [0.3, 0.4) is 0 Å². The third-order valence-corrected chi connectivity index (χ3v) is 1.23. The molecule has 11 heavy (non-hydrogen) atoms. The first-order chi connectivity index (χ1) is 5.43. The molecule has 0 aliphatic heterocycles. The standard InChI is InChI=1S/C7H12N2O2/c1-10-3-2-4-11-7-5-8-9-6-7/h5-6H,2-4H2,1H3,(H,8,9). The second kappa shape index (κ2) is 4.73. The third kappa shape index (κ3) is 3.04. The molecule has 0 bridgehead atoms. The number of hydrogen-bond acceptors (Lipinski definition) is 3. The Morgan fingerprint density at radius 1 is 1.55 bits per heavy atom. The number of H-pyrrole nitrogens is 1. The van der Waals surface area contributed by atoms with Crippen LogP contribution in [-0.4, -0.2) is 30.5 Å². The number of aromatic nitrogens is 2. The van der Waals surface area contributed by atoms with Gasteiger partial charge >= 0.3 is 0 Å². The molecule has 0 aromatic carbocycles. The van der Waals surface area contributed by atoms with Gasteiger partial charge in [0.2, 0.25) is 0 Å². The highest BCUT2D eigenvalue weighted by Crippen LogP contribution is 2.04. The zero-order chi connectivity index (χ0) is 7.94. The molecule has 1 N–H and O–H groups in total. The maximum absolute atomic E-state index is 5.27. The first kappa shape index (κ1) is 8.07. The summed E-state index contributed by atoms with van der Waals surface area (Å²) in [5, 5.41) is 6.40. The van der Waals surface area contributed by atoms with E-state index in [-0.39, 0.29) is 0 Å². The average molecular weight is 156 g/mol. The van der Waals surface area contributed by atoms with E-state index < -0.39 is 0 Å². The Kier molecular flexibility index (Phi) is 3.47. The van der Waals surface area contributed by atoms with Crippen LogP contribution in [0.25, 0.3) is 0 Å². The summed E-state index contributed by atoms with van der Waals surface area (Å²) < 4.78 is 10.1. The van der Waals surface area contributed by atoms with Crippen LogP contribution in [0.4, 0.5) is 0 Å². The van der Waals surface area contributed by atoms with Gasteiger partial charge in [0.15, 0.2) is 5.75 Å². The van der Waals surface area contributed by atoms with Gasteiger partial charge in [0.25, 0.3) is 0 Å². The smallest absolute Gasteiger partial charge is 0.156 e. The maximum Gasteiger partial charge on any atom is 0.156 e. The first-order valence-electron chi connectivity index (χ1n) is 3.54. The highest BCUT2D eigenvalue weighted by atomic mass is 16.5. The van der Waals surface area contributed by atoms with Crippen LogP contribution in [0, 0.1) is 0 Å². The molecule has 4 heteroatoms. The summed E-state index contributed by atoms with van der Waals surface area (Å²) in [6.45, 7) is 1.41. The van der Waals surface area contributed by atoms with Crippen LogP contribution in [-0.2, 0) is 4.74 Å². The van der Waals surface area contributed by atoms with E-state index in [1.807, 2.05) is 0 Å². The molecule has 1 heterocycles. The Hall–Kier alpha value is -1.03. The van der Waals surface area contributed by atoms with Crippen molar-refractivity contribution in [3.63, 3.8) is 0 Å². The molecule has 0 saturated carbocycles. The molecule has 1 rings (SSSR count). The number of nitrogens with one attached hydrogen (secondary N) is 1. The third-order valence-electron chi connectivity index (χ3n) is 1.23. The molecule has 0 amide bonds. The van der Waals surface area contributed by atoms with Gasteiger partial charge in [0.05, 0.1) is 19.0 Å². The normalized spacial score (nSPS) is 9.91. The van der Waals surface area contributed by atoms with Gasteiger partial charge in [-0.25, -0.2) is 0 Å². The van der Waals surface area contributed by atoms with E-state index in [4.69, 9.17) is 9.47 Å². The summed E-state index contributed by atoms with van der Waals surface area (Å²) in [6.07, 6.45) is 4.27. The van der Waals surface area contributed by atoms with Crippen molar-refractivity contribution in [3.8, 4) is 5.75 Å². The minimum absolute atomic E-state index is 0.674. The number of aromatic amines is 1. The fourth-order valence-electron chi connectivity index (χ4n) is 0.711. The molecule has 0 fully saturated rings. The topological polar surface area (TPSA) is 47.1 Å². The van der Waals surface area contributed by atoms with Crippen LogP contribution in [0.15, 0.2) is 12.4 Å². The van der Waals surface area contributed by atoms with Crippen molar-refractivity contribution in [1.82, 2.24) is 10.2 Å². The van der Waals surface area contributed by atoms with E-state index in [9.17, 15) is 0 Å². The Morgan fingerprint density at radius 2 is 2.45 bits per heavy atom. The quantitative estimate of drug-likeness (QED) is 0.642. The molecule has 0 saturated heterocycles. The lowest BCUT2D eigenvalue weighted by Gasteiger charge is -2.00. The number of hydrogen-bond donors (Lipinski definition) is 1. The Labute approximate surface area is 65.5 Å². The highest BCUT2D eigenvalue weighted by molar-refractivity contribution is 5.09. The second-order valence-electron chi connectivity index (χ2n) is 2.13. The van der Waals surface area contributed by atoms with Crippen LogP contribution in [0.5, 0.6) is 5.75 Å². The summed E-state index contributed by atoms with van der Waals surface area (Å²) in [5.74, 6) is 0.779. The summed E-state index contributed by atoms with van der Waals surface area (Å²) in [5.41, 5.74) is 0. The van der Waals surface area contributed by atoms with Gasteiger partial charge in [-0.15, -0.1) is 0 Å². The SMILES string of the molecule is COCCCOc1cn[nH]c1. The van der Waals surface area contributed by atoms with Crippen molar-refractivity contribution in [2.24, 2.45) is 0 Å². The van der Waals surface area contributed by atoms with E-state index in [0.717, 1.165) is 18.8 Å². The zero-order valence-corrected chi connectivity index (χ0v) is 6.54. The van der Waals surface area contributed by atoms with Gasteiger partial charge in [-0.3, -0.25) is 5.10 Å². The van der Waals surface area contributed by atoms with Gasteiger partial charge in [0, 0.05) is 20.1 Å². The van der Waals surface area contributed by atoms with Crippen LogP contribution < -0.4 is 4.74 Å². The predicted molar refractivity (Wildman–Crippen MR) is 40.6 cm³/mol. The minimum atomic E-state index is 0.674. The molecule has 0 aliphatic rings. The lowest BCUT2D eigenvalue weighted by molar-refractivity contribution is 0.172. The lowest BCUT2D eigenvalue weighted by atomic mass is 10.5. The van der Waals surface area contributed by atoms with Gasteiger partial charge in [-0.1, -0.05) is 0 Å². The predicted octanol–water partition coefficient (Wildman–Crippen LogP) is 0.825.